The van der Waals surface area contributed by atoms with Crippen LogP contribution < -0.4 is 0 Å². The van der Waals surface area contributed by atoms with E-state index in [1.54, 1.807) is 0 Å². The second-order valence-electron chi connectivity index (χ2n) is 13.4. The maximum Gasteiger partial charge on any atom is 0.0753 e. The van der Waals surface area contributed by atoms with Crippen LogP contribution in [-0.4, -0.2) is 4.98 Å². The topological polar surface area (TPSA) is 12.9 Å². The van der Waals surface area contributed by atoms with E-state index in [1.165, 1.54) is 93.5 Å². The van der Waals surface area contributed by atoms with Crippen molar-refractivity contribution < 1.29 is 0 Å². The fourth-order valence-electron chi connectivity index (χ4n) is 9.27. The minimum absolute atomic E-state index is 0.434. The van der Waals surface area contributed by atoms with Crippen LogP contribution in [0.4, 0.5) is 0 Å². The van der Waals surface area contributed by atoms with Crippen LogP contribution in [0, 0.1) is 0 Å². The molecule has 1 heterocycles. The number of hydrogen-bond donors (Lipinski definition) is 0. The van der Waals surface area contributed by atoms with Gasteiger partial charge in [0, 0.05) is 11.8 Å². The smallest absolute Gasteiger partial charge is 0.0753 e. The third-order valence-corrected chi connectivity index (χ3v) is 11.1. The van der Waals surface area contributed by atoms with Crippen LogP contribution >= 0.6 is 0 Å². The first-order valence-corrected chi connectivity index (χ1v) is 17.1. The minimum atomic E-state index is -0.434. The van der Waals surface area contributed by atoms with Gasteiger partial charge < -0.3 is 0 Å². The first-order valence-electron chi connectivity index (χ1n) is 17.1. The molecule has 2 aliphatic carbocycles. The Bertz CT molecular complexity index is 2710. The molecule has 226 valence electrons. The highest BCUT2D eigenvalue weighted by Gasteiger charge is 2.52. The molecular weight excluding hydrogens is 591 g/mol. The van der Waals surface area contributed by atoms with Crippen LogP contribution in [0.5, 0.6) is 0 Å². The first-order chi connectivity index (χ1) is 24.3. The van der Waals surface area contributed by atoms with Gasteiger partial charge in [0.05, 0.1) is 11.1 Å². The summed E-state index contributed by atoms with van der Waals surface area (Å²) in [5, 5.41) is 7.59. The Hall–Kier alpha value is -6.31. The van der Waals surface area contributed by atoms with Crippen molar-refractivity contribution in [3.63, 3.8) is 0 Å². The average Bonchev–Trinajstić information content (AvgIpc) is 3.64. The summed E-state index contributed by atoms with van der Waals surface area (Å²) in [6.45, 7) is 0. The molecule has 9 aromatic rings. The summed E-state index contributed by atoms with van der Waals surface area (Å²) in [5.41, 5.74) is 14.8. The zero-order chi connectivity index (χ0) is 32.1. The van der Waals surface area contributed by atoms with Crippen molar-refractivity contribution in [3.05, 3.63) is 198 Å². The number of benzene rings is 8. The lowest BCUT2D eigenvalue weighted by Gasteiger charge is -2.30. The molecule has 11 rings (SSSR count). The van der Waals surface area contributed by atoms with Crippen molar-refractivity contribution in [2.45, 2.75) is 5.41 Å². The lowest BCUT2D eigenvalue weighted by Crippen LogP contribution is -2.25. The van der Waals surface area contributed by atoms with E-state index in [9.17, 15) is 0 Å². The SMILES string of the molecule is c1ccc2c(c1)-c1ccccc1C21c2cc(-c3c4ccccc4c(-c4cccc5ccccc45)c4ccccc34)ccc2-c2ncccc21. The Balaban J connectivity index is 1.25. The Labute approximate surface area is 284 Å². The van der Waals surface area contributed by atoms with Crippen LogP contribution in [0.25, 0.3) is 77.0 Å². The largest absolute Gasteiger partial charge is 0.256 e. The molecule has 0 radical (unpaired) electrons. The summed E-state index contributed by atoms with van der Waals surface area (Å²) >= 11 is 0. The molecule has 1 heteroatoms. The number of fused-ring (bicyclic) bond motifs is 13. The van der Waals surface area contributed by atoms with Crippen LogP contribution in [0.3, 0.4) is 0 Å². The lowest BCUT2D eigenvalue weighted by atomic mass is 9.70. The molecule has 0 bridgehead atoms. The van der Waals surface area contributed by atoms with Gasteiger partial charge in [-0.2, -0.15) is 0 Å². The number of hydrogen-bond acceptors (Lipinski definition) is 1. The van der Waals surface area contributed by atoms with Gasteiger partial charge in [0.2, 0.25) is 0 Å². The normalized spacial score (nSPS) is 13.5. The molecule has 0 aliphatic heterocycles. The monoisotopic (exact) mass is 619 g/mol. The van der Waals surface area contributed by atoms with E-state index in [4.69, 9.17) is 4.98 Å². The maximum absolute atomic E-state index is 5.04. The van der Waals surface area contributed by atoms with Crippen molar-refractivity contribution in [1.82, 2.24) is 4.98 Å². The maximum atomic E-state index is 5.04. The average molecular weight is 620 g/mol. The molecular formula is C48H29N. The number of aromatic nitrogens is 1. The second kappa shape index (κ2) is 9.86. The highest BCUT2D eigenvalue weighted by Crippen LogP contribution is 2.62. The van der Waals surface area contributed by atoms with E-state index in [0.717, 1.165) is 5.69 Å². The van der Waals surface area contributed by atoms with E-state index in [1.807, 2.05) is 6.20 Å². The Kier molecular flexibility index (Phi) is 5.38. The van der Waals surface area contributed by atoms with Crippen molar-refractivity contribution in [2.75, 3.05) is 0 Å². The van der Waals surface area contributed by atoms with E-state index in [-0.39, 0.29) is 0 Å². The predicted molar refractivity (Wildman–Crippen MR) is 204 cm³/mol. The first kappa shape index (κ1) is 26.7. The summed E-state index contributed by atoms with van der Waals surface area (Å²) in [5.74, 6) is 0. The zero-order valence-electron chi connectivity index (χ0n) is 26.7. The van der Waals surface area contributed by atoms with Crippen molar-refractivity contribution in [2.24, 2.45) is 0 Å². The van der Waals surface area contributed by atoms with Crippen LogP contribution in [0.2, 0.25) is 0 Å². The third kappa shape index (κ3) is 3.41. The molecule has 0 fully saturated rings. The molecule has 0 saturated heterocycles. The number of pyridine rings is 1. The van der Waals surface area contributed by atoms with Gasteiger partial charge in [-0.25, -0.2) is 0 Å². The van der Waals surface area contributed by atoms with Gasteiger partial charge in [0.1, 0.15) is 0 Å². The fraction of sp³-hybridized carbons (Fsp3) is 0.0208. The standard InChI is InChI=1S/C48H29N/c1-2-15-32-30(13-1)14-11-22-35(32)46-38-20-5-3-18-36(38)45(37-19-4-6-21-39(37)46)31-26-27-40-44(29-31)48(43-25-12-28-49-47(40)43)41-23-9-7-16-33(41)34-17-8-10-24-42(34)48/h1-29H. The summed E-state index contributed by atoms with van der Waals surface area (Å²) in [6, 6.07) is 62.9. The van der Waals surface area contributed by atoms with Crippen molar-refractivity contribution >= 4 is 32.3 Å². The highest BCUT2D eigenvalue weighted by atomic mass is 14.7. The van der Waals surface area contributed by atoms with Gasteiger partial charge in [0.15, 0.2) is 0 Å². The zero-order valence-corrected chi connectivity index (χ0v) is 26.7. The van der Waals surface area contributed by atoms with E-state index in [2.05, 4.69) is 170 Å². The summed E-state index contributed by atoms with van der Waals surface area (Å²) in [4.78, 5) is 5.04. The Morgan fingerprint density at radius 3 is 1.57 bits per heavy atom. The fourth-order valence-corrected chi connectivity index (χ4v) is 9.27. The molecule has 0 unspecified atom stereocenters. The molecule has 0 atom stereocenters. The van der Waals surface area contributed by atoms with Crippen molar-refractivity contribution in [3.8, 4) is 44.6 Å². The van der Waals surface area contributed by atoms with Gasteiger partial charge in [0.25, 0.3) is 0 Å². The molecule has 2 aliphatic rings. The van der Waals surface area contributed by atoms with Gasteiger partial charge in [-0.3, -0.25) is 4.98 Å². The van der Waals surface area contributed by atoms with Crippen LogP contribution in [0.15, 0.2) is 176 Å². The third-order valence-electron chi connectivity index (χ3n) is 11.1. The van der Waals surface area contributed by atoms with Crippen LogP contribution in [0.1, 0.15) is 22.3 Å². The summed E-state index contributed by atoms with van der Waals surface area (Å²) in [6.07, 6.45) is 1.94. The molecule has 0 saturated carbocycles. The molecule has 8 aromatic carbocycles. The second-order valence-corrected chi connectivity index (χ2v) is 13.4. The minimum Gasteiger partial charge on any atom is -0.256 e. The molecule has 1 nitrogen and oxygen atoms in total. The lowest BCUT2D eigenvalue weighted by molar-refractivity contribution is 0.792. The van der Waals surface area contributed by atoms with E-state index in [0.29, 0.717) is 0 Å². The summed E-state index contributed by atoms with van der Waals surface area (Å²) in [7, 11) is 0. The quantitative estimate of drug-likeness (QED) is 0.175. The molecule has 1 aromatic heterocycles. The van der Waals surface area contributed by atoms with Gasteiger partial charge in [-0.1, -0.05) is 158 Å². The van der Waals surface area contributed by atoms with E-state index >= 15 is 0 Å². The Morgan fingerprint density at radius 1 is 0.347 bits per heavy atom. The predicted octanol–water partition coefficient (Wildman–Crippen LogP) is 12.2. The number of rotatable bonds is 2. The Morgan fingerprint density at radius 2 is 0.878 bits per heavy atom. The van der Waals surface area contributed by atoms with Gasteiger partial charge in [-0.15, -0.1) is 0 Å². The molecule has 0 N–H and O–H groups in total. The van der Waals surface area contributed by atoms with Crippen LogP contribution in [-0.2, 0) is 5.41 Å². The molecule has 1 spiro atoms. The number of nitrogens with zero attached hydrogens (tertiary/aromatic N) is 1. The molecule has 0 amide bonds. The molecule has 49 heavy (non-hydrogen) atoms. The van der Waals surface area contributed by atoms with Gasteiger partial charge >= 0.3 is 0 Å². The highest BCUT2D eigenvalue weighted by molar-refractivity contribution is 6.23. The summed E-state index contributed by atoms with van der Waals surface area (Å²) < 4.78 is 0. The van der Waals surface area contributed by atoms with Crippen molar-refractivity contribution in [1.29, 1.82) is 0 Å². The van der Waals surface area contributed by atoms with Gasteiger partial charge in [-0.05, 0) is 100 Å². The van der Waals surface area contributed by atoms with E-state index < -0.39 is 5.41 Å².